The number of para-hydroxylation sites is 1. The molecule has 1 aromatic heterocycles. The zero-order valence-corrected chi connectivity index (χ0v) is 13.6. The van der Waals surface area contributed by atoms with Crippen LogP contribution < -0.4 is 5.73 Å². The van der Waals surface area contributed by atoms with E-state index in [0.29, 0.717) is 0 Å². The van der Waals surface area contributed by atoms with E-state index < -0.39 is 17.6 Å². The van der Waals surface area contributed by atoms with Gasteiger partial charge in [0.2, 0.25) is 0 Å². The van der Waals surface area contributed by atoms with Crippen molar-refractivity contribution in [2.75, 3.05) is 0 Å². The fraction of sp³-hybridized carbons (Fsp3) is 0.412. The lowest BCUT2D eigenvalue weighted by atomic mass is 10.1. The molecule has 0 radical (unpaired) electrons. The van der Waals surface area contributed by atoms with Gasteiger partial charge < -0.3 is 20.1 Å². The topological polar surface area (TPSA) is 94.5 Å². The van der Waals surface area contributed by atoms with E-state index in [1.807, 2.05) is 45.0 Å². The van der Waals surface area contributed by atoms with Crippen LogP contribution in [0.4, 0.5) is 0 Å². The molecule has 124 valence electrons. The van der Waals surface area contributed by atoms with Crippen molar-refractivity contribution in [3.63, 3.8) is 0 Å². The number of esters is 1. The van der Waals surface area contributed by atoms with Crippen molar-refractivity contribution in [2.45, 2.75) is 45.4 Å². The summed E-state index contributed by atoms with van der Waals surface area (Å²) in [4.78, 5) is 23.0. The Bertz CT molecular complexity index is 728. The van der Waals surface area contributed by atoms with Crippen LogP contribution in [0.25, 0.3) is 10.9 Å². The van der Waals surface area contributed by atoms with E-state index in [1.165, 1.54) is 0 Å². The molecule has 1 unspecified atom stereocenters. The summed E-state index contributed by atoms with van der Waals surface area (Å²) in [6.45, 7) is 5.52. The molecule has 0 saturated heterocycles. The van der Waals surface area contributed by atoms with Crippen molar-refractivity contribution in [1.29, 1.82) is 0 Å². The first-order valence-electron chi connectivity index (χ1n) is 7.44. The Morgan fingerprint density at radius 3 is 2.57 bits per heavy atom. The zero-order valence-electron chi connectivity index (χ0n) is 13.6. The second-order valence-electron chi connectivity index (χ2n) is 6.53. The smallest absolute Gasteiger partial charge is 0.326 e. The SMILES string of the molecule is CC(C)(C)OC(=O)Cn1cc(CC(N)C(=O)O)c2ccccc21. The highest BCUT2D eigenvalue weighted by Gasteiger charge is 2.20. The third-order valence-electron chi connectivity index (χ3n) is 3.35. The van der Waals surface area contributed by atoms with E-state index in [1.54, 1.807) is 10.8 Å². The van der Waals surface area contributed by atoms with Crippen LogP contribution >= 0.6 is 0 Å². The zero-order chi connectivity index (χ0) is 17.2. The molecule has 6 nitrogen and oxygen atoms in total. The van der Waals surface area contributed by atoms with Gasteiger partial charge in [0, 0.05) is 23.5 Å². The van der Waals surface area contributed by atoms with Gasteiger partial charge in [-0.1, -0.05) is 18.2 Å². The van der Waals surface area contributed by atoms with E-state index >= 15 is 0 Å². The number of aromatic nitrogens is 1. The molecule has 0 aliphatic heterocycles. The molecule has 0 bridgehead atoms. The maximum Gasteiger partial charge on any atom is 0.326 e. The largest absolute Gasteiger partial charge is 0.480 e. The van der Waals surface area contributed by atoms with Gasteiger partial charge in [-0.05, 0) is 32.4 Å². The van der Waals surface area contributed by atoms with Crippen molar-refractivity contribution < 1.29 is 19.4 Å². The Kier molecular flexibility index (Phi) is 4.75. The third-order valence-corrected chi connectivity index (χ3v) is 3.35. The lowest BCUT2D eigenvalue weighted by Gasteiger charge is -2.19. The maximum atomic E-state index is 12.0. The fourth-order valence-corrected chi connectivity index (χ4v) is 2.45. The molecule has 2 rings (SSSR count). The van der Waals surface area contributed by atoms with E-state index in [4.69, 9.17) is 15.6 Å². The summed E-state index contributed by atoms with van der Waals surface area (Å²) in [5.41, 5.74) is 6.74. The van der Waals surface area contributed by atoms with Gasteiger partial charge in [-0.15, -0.1) is 0 Å². The number of benzene rings is 1. The van der Waals surface area contributed by atoms with Gasteiger partial charge in [0.25, 0.3) is 0 Å². The molecule has 0 spiro atoms. The fourth-order valence-electron chi connectivity index (χ4n) is 2.45. The minimum atomic E-state index is -1.05. The van der Waals surface area contributed by atoms with Crippen LogP contribution in [0.3, 0.4) is 0 Å². The van der Waals surface area contributed by atoms with Gasteiger partial charge in [0.15, 0.2) is 0 Å². The summed E-state index contributed by atoms with van der Waals surface area (Å²) < 4.78 is 7.11. The van der Waals surface area contributed by atoms with Crippen LogP contribution in [-0.2, 0) is 27.3 Å². The van der Waals surface area contributed by atoms with Crippen LogP contribution in [0.15, 0.2) is 30.5 Å². The monoisotopic (exact) mass is 318 g/mol. The van der Waals surface area contributed by atoms with Gasteiger partial charge >= 0.3 is 11.9 Å². The standard InChI is InChI=1S/C17H22N2O4/c1-17(2,3)23-15(20)10-19-9-11(8-13(18)16(21)22)12-6-4-5-7-14(12)19/h4-7,9,13H,8,10,18H2,1-3H3,(H,21,22). The summed E-state index contributed by atoms with van der Waals surface area (Å²) in [6.07, 6.45) is 1.98. The Morgan fingerprint density at radius 2 is 1.96 bits per heavy atom. The third kappa shape index (κ3) is 4.32. The molecule has 0 aliphatic carbocycles. The quantitative estimate of drug-likeness (QED) is 0.822. The predicted molar refractivity (Wildman–Crippen MR) is 87.1 cm³/mol. The molecule has 0 amide bonds. The molecule has 1 aromatic carbocycles. The number of hydrogen-bond donors (Lipinski definition) is 2. The maximum absolute atomic E-state index is 12.0. The first-order valence-corrected chi connectivity index (χ1v) is 7.44. The number of hydrogen-bond acceptors (Lipinski definition) is 4. The summed E-state index contributed by atoms with van der Waals surface area (Å²) in [7, 11) is 0. The normalized spacial score (nSPS) is 13.0. The Morgan fingerprint density at radius 1 is 1.30 bits per heavy atom. The molecule has 0 saturated carbocycles. The summed E-state index contributed by atoms with van der Waals surface area (Å²) in [6, 6.07) is 6.54. The van der Waals surface area contributed by atoms with Crippen molar-refractivity contribution in [3.05, 3.63) is 36.0 Å². The second kappa shape index (κ2) is 6.42. The van der Waals surface area contributed by atoms with Gasteiger partial charge in [0.05, 0.1) is 0 Å². The molecule has 6 heteroatoms. The van der Waals surface area contributed by atoms with Crippen molar-refractivity contribution in [3.8, 4) is 0 Å². The number of carbonyl (C=O) groups excluding carboxylic acids is 1. The van der Waals surface area contributed by atoms with Gasteiger partial charge in [0.1, 0.15) is 18.2 Å². The first-order chi connectivity index (χ1) is 10.7. The van der Waals surface area contributed by atoms with Crippen molar-refractivity contribution >= 4 is 22.8 Å². The Hall–Kier alpha value is -2.34. The number of fused-ring (bicyclic) bond motifs is 1. The molecule has 23 heavy (non-hydrogen) atoms. The van der Waals surface area contributed by atoms with E-state index in [2.05, 4.69) is 0 Å². The molecular weight excluding hydrogens is 296 g/mol. The van der Waals surface area contributed by atoms with E-state index in [9.17, 15) is 9.59 Å². The lowest BCUT2D eigenvalue weighted by Crippen LogP contribution is -2.32. The second-order valence-corrected chi connectivity index (χ2v) is 6.53. The number of rotatable bonds is 5. The lowest BCUT2D eigenvalue weighted by molar-refractivity contribution is -0.155. The average Bonchev–Trinajstić information content (AvgIpc) is 2.75. The molecule has 1 heterocycles. The summed E-state index contributed by atoms with van der Waals surface area (Å²) in [5, 5.41) is 9.89. The number of carboxylic acid groups (broad SMARTS) is 1. The number of carboxylic acids is 1. The van der Waals surface area contributed by atoms with Gasteiger partial charge in [-0.3, -0.25) is 9.59 Å². The van der Waals surface area contributed by atoms with Crippen LogP contribution in [0, 0.1) is 0 Å². The minimum Gasteiger partial charge on any atom is -0.480 e. The van der Waals surface area contributed by atoms with Crippen molar-refractivity contribution in [2.24, 2.45) is 5.73 Å². The van der Waals surface area contributed by atoms with Crippen LogP contribution in [-0.4, -0.2) is 33.3 Å². The highest BCUT2D eigenvalue weighted by molar-refractivity contribution is 5.86. The van der Waals surface area contributed by atoms with Gasteiger partial charge in [-0.2, -0.15) is 0 Å². The predicted octanol–water partition coefficient (Wildman–Crippen LogP) is 1.94. The van der Waals surface area contributed by atoms with Crippen LogP contribution in [0.1, 0.15) is 26.3 Å². The molecule has 1 atom stereocenters. The molecule has 3 N–H and O–H groups in total. The molecule has 2 aromatic rings. The highest BCUT2D eigenvalue weighted by Crippen LogP contribution is 2.23. The van der Waals surface area contributed by atoms with Crippen molar-refractivity contribution in [1.82, 2.24) is 4.57 Å². The summed E-state index contributed by atoms with van der Waals surface area (Å²) >= 11 is 0. The van der Waals surface area contributed by atoms with E-state index in [-0.39, 0.29) is 18.9 Å². The minimum absolute atomic E-state index is 0.0695. The molecule has 0 fully saturated rings. The summed E-state index contributed by atoms with van der Waals surface area (Å²) in [5.74, 6) is -1.39. The number of ether oxygens (including phenoxy) is 1. The number of nitrogens with zero attached hydrogens (tertiary/aromatic N) is 1. The number of carbonyl (C=O) groups is 2. The van der Waals surface area contributed by atoms with Gasteiger partial charge in [-0.25, -0.2) is 0 Å². The van der Waals surface area contributed by atoms with E-state index in [0.717, 1.165) is 16.5 Å². The average molecular weight is 318 g/mol. The number of nitrogens with two attached hydrogens (primary N) is 1. The molecular formula is C17H22N2O4. The Balaban J connectivity index is 2.30. The number of aliphatic carboxylic acids is 1. The van der Waals surface area contributed by atoms with Crippen LogP contribution in [0.5, 0.6) is 0 Å². The molecule has 0 aliphatic rings. The first kappa shape index (κ1) is 17.0. The van der Waals surface area contributed by atoms with Crippen LogP contribution in [0.2, 0.25) is 0 Å². The Labute approximate surface area is 134 Å². The highest BCUT2D eigenvalue weighted by atomic mass is 16.6.